The van der Waals surface area contributed by atoms with Crippen LogP contribution < -0.4 is 0 Å². The van der Waals surface area contributed by atoms with E-state index in [0.717, 1.165) is 12.8 Å². The molecule has 0 heterocycles. The van der Waals surface area contributed by atoms with Gasteiger partial charge in [0.25, 0.3) is 0 Å². The van der Waals surface area contributed by atoms with Crippen LogP contribution in [0.15, 0.2) is 60.7 Å². The Bertz CT molecular complexity index is 503. The first-order chi connectivity index (χ1) is 8.75. The number of hydrogen-bond donors (Lipinski definition) is 0. The van der Waals surface area contributed by atoms with Crippen molar-refractivity contribution in [2.75, 3.05) is 0 Å². The van der Waals surface area contributed by atoms with E-state index in [-0.39, 0.29) is 0 Å². The van der Waals surface area contributed by atoms with Gasteiger partial charge in [0.2, 0.25) is 0 Å². The van der Waals surface area contributed by atoms with Crippen LogP contribution in [0.3, 0.4) is 0 Å². The van der Waals surface area contributed by atoms with Crippen molar-refractivity contribution in [1.82, 2.24) is 0 Å². The van der Waals surface area contributed by atoms with Crippen LogP contribution in [-0.4, -0.2) is 0 Å². The summed E-state index contributed by atoms with van der Waals surface area (Å²) < 4.78 is 0. The van der Waals surface area contributed by atoms with Gasteiger partial charge >= 0.3 is 0 Å². The highest BCUT2D eigenvalue weighted by Crippen LogP contribution is 2.15. The van der Waals surface area contributed by atoms with Crippen molar-refractivity contribution in [2.24, 2.45) is 0 Å². The first-order valence-electron chi connectivity index (χ1n) is 6.53. The van der Waals surface area contributed by atoms with Crippen molar-refractivity contribution in [2.45, 2.75) is 26.7 Å². The molecule has 0 nitrogen and oxygen atoms in total. The Kier molecular flexibility index (Phi) is 4.35. The Morgan fingerprint density at radius 3 is 2.28 bits per heavy atom. The molecule has 0 aliphatic heterocycles. The van der Waals surface area contributed by atoms with E-state index in [1.54, 1.807) is 0 Å². The van der Waals surface area contributed by atoms with Crippen LogP contribution in [0.4, 0.5) is 0 Å². The van der Waals surface area contributed by atoms with Gasteiger partial charge in [0.05, 0.1) is 0 Å². The van der Waals surface area contributed by atoms with Crippen LogP contribution in [-0.2, 0) is 6.42 Å². The maximum atomic E-state index is 2.33. The number of hydrogen-bond acceptors (Lipinski definition) is 0. The fourth-order valence-corrected chi connectivity index (χ4v) is 2.03. The van der Waals surface area contributed by atoms with Crippen LogP contribution >= 0.6 is 0 Å². The third kappa shape index (κ3) is 3.59. The Labute approximate surface area is 110 Å². The predicted molar refractivity (Wildman–Crippen MR) is 79.6 cm³/mol. The summed E-state index contributed by atoms with van der Waals surface area (Å²) in [7, 11) is 0. The molecule has 0 spiro atoms. The normalized spacial score (nSPS) is 11.6. The van der Waals surface area contributed by atoms with Crippen molar-refractivity contribution < 1.29 is 0 Å². The Morgan fingerprint density at radius 2 is 1.61 bits per heavy atom. The van der Waals surface area contributed by atoms with Gasteiger partial charge in [-0.25, -0.2) is 0 Å². The molecular formula is C18H20. The smallest absolute Gasteiger partial charge is 0.0230 e. The molecule has 0 saturated carbocycles. The van der Waals surface area contributed by atoms with E-state index in [1.807, 2.05) is 0 Å². The van der Waals surface area contributed by atoms with Crippen LogP contribution in [0.5, 0.6) is 0 Å². The topological polar surface area (TPSA) is 0 Å². The number of benzene rings is 2. The van der Waals surface area contributed by atoms with Crippen molar-refractivity contribution in [3.05, 3.63) is 77.4 Å². The van der Waals surface area contributed by atoms with Crippen LogP contribution in [0.1, 0.15) is 30.0 Å². The van der Waals surface area contributed by atoms with E-state index in [9.17, 15) is 0 Å². The first-order valence-corrected chi connectivity index (χ1v) is 6.53. The zero-order valence-electron chi connectivity index (χ0n) is 11.2. The minimum Gasteiger partial charge on any atom is -0.0807 e. The molecule has 0 N–H and O–H groups in total. The second kappa shape index (κ2) is 6.20. The fraction of sp³-hybridized carbons (Fsp3) is 0.222. The zero-order valence-corrected chi connectivity index (χ0v) is 11.2. The van der Waals surface area contributed by atoms with Gasteiger partial charge in [0, 0.05) is 0 Å². The highest BCUT2D eigenvalue weighted by Gasteiger charge is 1.95. The summed E-state index contributed by atoms with van der Waals surface area (Å²) in [6.45, 7) is 4.31. The lowest BCUT2D eigenvalue weighted by atomic mass is 10.0. The van der Waals surface area contributed by atoms with Gasteiger partial charge in [0.1, 0.15) is 0 Å². The lowest BCUT2D eigenvalue weighted by molar-refractivity contribution is 1.00. The molecule has 0 saturated heterocycles. The van der Waals surface area contributed by atoms with Crippen molar-refractivity contribution in [3.8, 4) is 0 Å². The molecule has 0 heteroatoms. The summed E-state index contributed by atoms with van der Waals surface area (Å²) in [6.07, 6.45) is 4.55. The van der Waals surface area contributed by atoms with E-state index in [2.05, 4.69) is 74.5 Å². The quantitative estimate of drug-likeness (QED) is 0.698. The van der Waals surface area contributed by atoms with Gasteiger partial charge in [0.15, 0.2) is 0 Å². The minimum absolute atomic E-state index is 1.10. The molecule has 0 amide bonds. The summed E-state index contributed by atoms with van der Waals surface area (Å²) in [5, 5.41) is 0. The van der Waals surface area contributed by atoms with Gasteiger partial charge in [-0.1, -0.05) is 66.2 Å². The lowest BCUT2D eigenvalue weighted by Gasteiger charge is -2.03. The maximum absolute atomic E-state index is 2.33. The van der Waals surface area contributed by atoms with Gasteiger partial charge < -0.3 is 0 Å². The van der Waals surface area contributed by atoms with Crippen LogP contribution in [0, 0.1) is 6.92 Å². The fourth-order valence-electron chi connectivity index (χ4n) is 2.03. The van der Waals surface area contributed by atoms with Crippen LogP contribution in [0.25, 0.3) is 5.57 Å². The Balaban J connectivity index is 1.95. The molecule has 2 aromatic rings. The second-order valence-corrected chi connectivity index (χ2v) is 4.78. The highest BCUT2D eigenvalue weighted by molar-refractivity contribution is 5.63. The van der Waals surface area contributed by atoms with Crippen LogP contribution in [0.2, 0.25) is 0 Å². The third-order valence-corrected chi connectivity index (χ3v) is 3.23. The minimum atomic E-state index is 1.10. The summed E-state index contributed by atoms with van der Waals surface area (Å²) in [6, 6.07) is 19.4. The Morgan fingerprint density at radius 1 is 0.944 bits per heavy atom. The Hall–Kier alpha value is -1.82. The SMILES string of the molecule is CC(=CCCc1ccccc1)c1ccc(C)cc1. The largest absolute Gasteiger partial charge is 0.0807 e. The van der Waals surface area contributed by atoms with E-state index in [0.29, 0.717) is 0 Å². The van der Waals surface area contributed by atoms with Crippen molar-refractivity contribution in [3.63, 3.8) is 0 Å². The molecule has 0 unspecified atom stereocenters. The summed E-state index contributed by atoms with van der Waals surface area (Å²) in [5.41, 5.74) is 5.42. The first kappa shape index (κ1) is 12.6. The molecule has 0 aliphatic rings. The monoisotopic (exact) mass is 236 g/mol. The van der Waals surface area contributed by atoms with Crippen molar-refractivity contribution in [1.29, 1.82) is 0 Å². The molecule has 2 rings (SSSR count). The van der Waals surface area contributed by atoms with Gasteiger partial charge in [-0.3, -0.25) is 0 Å². The van der Waals surface area contributed by atoms with Crippen molar-refractivity contribution >= 4 is 5.57 Å². The lowest BCUT2D eigenvalue weighted by Crippen LogP contribution is -1.84. The molecule has 0 aliphatic carbocycles. The number of rotatable bonds is 4. The molecule has 0 atom stereocenters. The third-order valence-electron chi connectivity index (χ3n) is 3.23. The van der Waals surface area contributed by atoms with Gasteiger partial charge in [-0.15, -0.1) is 0 Å². The molecule has 0 bridgehead atoms. The molecule has 0 radical (unpaired) electrons. The van der Waals surface area contributed by atoms with E-state index < -0.39 is 0 Å². The molecule has 0 aromatic heterocycles. The van der Waals surface area contributed by atoms with E-state index in [4.69, 9.17) is 0 Å². The average Bonchev–Trinajstić information content (AvgIpc) is 2.40. The number of aryl methyl sites for hydroxylation is 2. The zero-order chi connectivity index (χ0) is 12.8. The van der Waals surface area contributed by atoms with E-state index >= 15 is 0 Å². The molecule has 18 heavy (non-hydrogen) atoms. The average molecular weight is 236 g/mol. The predicted octanol–water partition coefficient (Wildman–Crippen LogP) is 5.03. The molecular weight excluding hydrogens is 216 g/mol. The maximum Gasteiger partial charge on any atom is -0.0230 e. The highest BCUT2D eigenvalue weighted by atomic mass is 14.0. The molecule has 92 valence electrons. The van der Waals surface area contributed by atoms with Gasteiger partial charge in [-0.05, 0) is 43.4 Å². The summed E-state index contributed by atoms with van der Waals surface area (Å²) in [4.78, 5) is 0. The summed E-state index contributed by atoms with van der Waals surface area (Å²) in [5.74, 6) is 0. The second-order valence-electron chi connectivity index (χ2n) is 4.78. The molecule has 0 fully saturated rings. The summed E-state index contributed by atoms with van der Waals surface area (Å²) >= 11 is 0. The standard InChI is InChI=1S/C18H20/c1-15-11-13-18(14-12-15)16(2)7-6-10-17-8-4-3-5-9-17/h3-5,7-9,11-14H,6,10H2,1-2H3. The molecule has 2 aromatic carbocycles. The van der Waals surface area contributed by atoms with E-state index in [1.165, 1.54) is 22.3 Å². The number of allylic oxidation sites excluding steroid dienone is 2. The van der Waals surface area contributed by atoms with Gasteiger partial charge in [-0.2, -0.15) is 0 Å².